The van der Waals surface area contributed by atoms with Crippen LogP contribution in [0.4, 0.5) is 0 Å². The Labute approximate surface area is 162 Å². The van der Waals surface area contributed by atoms with Crippen LogP contribution >= 0.6 is 0 Å². The maximum atomic E-state index is 12.1. The maximum absolute atomic E-state index is 12.1. The zero-order valence-corrected chi connectivity index (χ0v) is 15.2. The highest BCUT2D eigenvalue weighted by Crippen LogP contribution is 2.11. The van der Waals surface area contributed by atoms with Crippen molar-refractivity contribution in [3.05, 3.63) is 65.2 Å². The summed E-state index contributed by atoms with van der Waals surface area (Å²) in [5.41, 5.74) is 8.66. The fraction of sp³-hybridized carbons (Fsp3) is 0.143. The van der Waals surface area contributed by atoms with Crippen molar-refractivity contribution in [2.24, 2.45) is 5.73 Å². The lowest BCUT2D eigenvalue weighted by molar-refractivity contribution is -0.130. The Kier molecular flexibility index (Phi) is 7.62. The first-order valence-corrected chi connectivity index (χ1v) is 8.28. The summed E-state index contributed by atoms with van der Waals surface area (Å²) < 4.78 is 5.13. The average Bonchev–Trinajstić information content (AvgIpc) is 2.74. The lowest BCUT2D eigenvalue weighted by Gasteiger charge is -2.14. The number of hydrogen-bond donors (Lipinski definition) is 4. The second kappa shape index (κ2) is 10.4. The molecule has 0 radical (unpaired) electrons. The highest BCUT2D eigenvalue weighted by Gasteiger charge is 2.19. The number of carbonyl (C=O) groups is 2. The number of methoxy groups -OCH3 is 1. The molecule has 0 heterocycles. The van der Waals surface area contributed by atoms with Gasteiger partial charge in [-0.2, -0.15) is 0 Å². The van der Waals surface area contributed by atoms with Crippen LogP contribution in [-0.2, 0) is 4.79 Å². The monoisotopic (exact) mass is 377 g/mol. The Balaban J connectivity index is 2.02. The van der Waals surface area contributed by atoms with E-state index in [0.29, 0.717) is 11.1 Å². The number of carbonyl (C=O) groups excluding carboxylic acids is 2. The third kappa shape index (κ3) is 5.89. The molecule has 142 valence electrons. The normalized spacial score (nSPS) is 10.4. The predicted octanol–water partition coefficient (Wildman–Crippen LogP) is 0.661. The van der Waals surface area contributed by atoms with Gasteiger partial charge in [-0.1, -0.05) is 17.9 Å². The van der Waals surface area contributed by atoms with Crippen LogP contribution < -0.4 is 21.3 Å². The molecular formula is C21H19N3O4. The van der Waals surface area contributed by atoms with Gasteiger partial charge in [0.2, 0.25) is 0 Å². The number of ether oxygens (including phenoxy) is 1. The largest absolute Gasteiger partial charge is 0.497 e. The van der Waals surface area contributed by atoms with Gasteiger partial charge in [-0.25, -0.2) is 5.48 Å². The van der Waals surface area contributed by atoms with Crippen molar-refractivity contribution in [3.63, 3.8) is 0 Å². The molecule has 7 heteroatoms. The van der Waals surface area contributed by atoms with Gasteiger partial charge >= 0.3 is 0 Å². The number of rotatable bonds is 5. The number of hydrogen-bond acceptors (Lipinski definition) is 5. The molecule has 1 atom stereocenters. The minimum atomic E-state index is -1.02. The van der Waals surface area contributed by atoms with Crippen molar-refractivity contribution in [1.82, 2.24) is 10.8 Å². The molecule has 0 aliphatic heterocycles. The molecule has 2 rings (SSSR count). The van der Waals surface area contributed by atoms with Crippen LogP contribution in [0.15, 0.2) is 48.5 Å². The van der Waals surface area contributed by atoms with E-state index in [9.17, 15) is 9.59 Å². The Bertz CT molecular complexity index is 963. The number of nitrogens with two attached hydrogens (primary N) is 1. The van der Waals surface area contributed by atoms with E-state index >= 15 is 0 Å². The minimum absolute atomic E-state index is 0.145. The summed E-state index contributed by atoms with van der Waals surface area (Å²) in [7, 11) is 1.59. The van der Waals surface area contributed by atoms with Gasteiger partial charge in [-0.15, -0.1) is 0 Å². The molecule has 0 bridgehead atoms. The number of amides is 2. The van der Waals surface area contributed by atoms with Crippen molar-refractivity contribution in [2.75, 3.05) is 13.7 Å². The van der Waals surface area contributed by atoms with Crippen LogP contribution in [0.3, 0.4) is 0 Å². The first-order chi connectivity index (χ1) is 13.6. The third-order valence-corrected chi connectivity index (χ3v) is 3.66. The van der Waals surface area contributed by atoms with Gasteiger partial charge in [0.25, 0.3) is 11.8 Å². The summed E-state index contributed by atoms with van der Waals surface area (Å²) in [6.45, 7) is -0.145. The van der Waals surface area contributed by atoms with Crippen molar-refractivity contribution in [1.29, 1.82) is 0 Å². The van der Waals surface area contributed by atoms with Crippen molar-refractivity contribution < 1.29 is 19.5 Å². The fourth-order valence-corrected chi connectivity index (χ4v) is 2.16. The fourth-order valence-electron chi connectivity index (χ4n) is 2.16. The molecule has 0 aromatic heterocycles. The zero-order valence-electron chi connectivity index (χ0n) is 15.2. The Morgan fingerprint density at radius 3 is 2.39 bits per heavy atom. The Morgan fingerprint density at radius 2 is 1.79 bits per heavy atom. The van der Waals surface area contributed by atoms with Crippen LogP contribution in [0.2, 0.25) is 0 Å². The molecule has 7 nitrogen and oxygen atoms in total. The van der Waals surface area contributed by atoms with Crippen molar-refractivity contribution in [2.45, 2.75) is 6.04 Å². The lowest BCUT2D eigenvalue weighted by Crippen LogP contribution is -2.50. The topological polar surface area (TPSA) is 114 Å². The van der Waals surface area contributed by atoms with E-state index in [1.165, 1.54) is 5.48 Å². The summed E-state index contributed by atoms with van der Waals surface area (Å²) in [6.07, 6.45) is 0. The van der Waals surface area contributed by atoms with Crippen LogP contribution in [0, 0.1) is 23.7 Å². The van der Waals surface area contributed by atoms with Gasteiger partial charge in [-0.05, 0) is 54.3 Å². The van der Waals surface area contributed by atoms with E-state index in [4.69, 9.17) is 15.7 Å². The van der Waals surface area contributed by atoms with E-state index in [1.54, 1.807) is 31.4 Å². The van der Waals surface area contributed by atoms with E-state index in [1.807, 2.05) is 24.3 Å². The summed E-state index contributed by atoms with van der Waals surface area (Å²) in [6, 6.07) is 12.8. The first kappa shape index (κ1) is 20.5. The molecule has 0 fully saturated rings. The smallest absolute Gasteiger partial charge is 0.267 e. The highest BCUT2D eigenvalue weighted by molar-refractivity contribution is 5.97. The van der Waals surface area contributed by atoms with E-state index in [2.05, 4.69) is 29.0 Å². The second-order valence-electron chi connectivity index (χ2n) is 5.55. The molecule has 0 aliphatic carbocycles. The standard InChI is InChI=1S/C21H19N3O4/c1-28-18-8-4-7-16(13-18)6-3-2-5-15-9-11-17(12-10-15)20(25)23-19(14-22)21(26)24-27/h4,7-13,19,27H,14,22H2,1H3,(H,23,25)(H,24,26)/t19-/m0/s1. The maximum Gasteiger partial charge on any atom is 0.267 e. The Morgan fingerprint density at radius 1 is 1.11 bits per heavy atom. The third-order valence-electron chi connectivity index (χ3n) is 3.66. The molecule has 2 amide bonds. The van der Waals surface area contributed by atoms with Gasteiger partial charge in [-0.3, -0.25) is 14.8 Å². The molecule has 0 saturated heterocycles. The molecule has 28 heavy (non-hydrogen) atoms. The van der Waals surface area contributed by atoms with Crippen LogP contribution in [0.5, 0.6) is 5.75 Å². The zero-order chi connectivity index (χ0) is 20.4. The van der Waals surface area contributed by atoms with Gasteiger partial charge in [0, 0.05) is 23.2 Å². The molecule has 2 aromatic carbocycles. The summed E-state index contributed by atoms with van der Waals surface area (Å²) >= 11 is 0. The number of hydroxylamine groups is 1. The second-order valence-corrected chi connectivity index (χ2v) is 5.55. The summed E-state index contributed by atoms with van der Waals surface area (Å²) in [4.78, 5) is 23.5. The first-order valence-electron chi connectivity index (χ1n) is 8.28. The predicted molar refractivity (Wildman–Crippen MR) is 103 cm³/mol. The van der Waals surface area contributed by atoms with Crippen LogP contribution in [0.25, 0.3) is 0 Å². The molecule has 0 spiro atoms. The highest BCUT2D eigenvalue weighted by atomic mass is 16.5. The molecule has 5 N–H and O–H groups in total. The molecule has 2 aromatic rings. The van der Waals surface area contributed by atoms with Gasteiger partial charge in [0.1, 0.15) is 11.8 Å². The lowest BCUT2D eigenvalue weighted by atomic mass is 10.1. The van der Waals surface area contributed by atoms with Crippen LogP contribution in [-0.4, -0.2) is 36.7 Å². The number of benzene rings is 2. The van der Waals surface area contributed by atoms with Crippen molar-refractivity contribution >= 4 is 11.8 Å². The van der Waals surface area contributed by atoms with E-state index in [-0.39, 0.29) is 6.54 Å². The molecule has 0 unspecified atom stereocenters. The average molecular weight is 377 g/mol. The minimum Gasteiger partial charge on any atom is -0.497 e. The van der Waals surface area contributed by atoms with Crippen LogP contribution in [0.1, 0.15) is 21.5 Å². The van der Waals surface area contributed by atoms with E-state index < -0.39 is 17.9 Å². The quantitative estimate of drug-likeness (QED) is 0.347. The van der Waals surface area contributed by atoms with Gasteiger partial charge in [0.05, 0.1) is 7.11 Å². The number of nitrogens with one attached hydrogen (secondary N) is 2. The van der Waals surface area contributed by atoms with Gasteiger partial charge in [0.15, 0.2) is 0 Å². The summed E-state index contributed by atoms with van der Waals surface area (Å²) in [5, 5.41) is 11.0. The SMILES string of the molecule is COc1cccc(C#CC#Cc2ccc(C(=O)N[C@@H](CN)C(=O)NO)cc2)c1. The Hall–Kier alpha value is -3.78. The molecular weight excluding hydrogens is 358 g/mol. The van der Waals surface area contributed by atoms with E-state index in [0.717, 1.165) is 11.3 Å². The van der Waals surface area contributed by atoms with Gasteiger partial charge < -0.3 is 15.8 Å². The van der Waals surface area contributed by atoms with Crippen molar-refractivity contribution in [3.8, 4) is 29.4 Å². The summed E-state index contributed by atoms with van der Waals surface area (Å²) in [5.74, 6) is 10.8. The molecule has 0 saturated carbocycles. The molecule has 0 aliphatic rings.